The molecule has 0 aliphatic heterocycles. The van der Waals surface area contributed by atoms with Crippen LogP contribution in [0.15, 0.2) is 35.3 Å². The van der Waals surface area contributed by atoms with Gasteiger partial charge in [-0.05, 0) is 12.1 Å². The Hall–Kier alpha value is -1.30. The van der Waals surface area contributed by atoms with E-state index in [2.05, 4.69) is 27.8 Å². The highest BCUT2D eigenvalue weighted by atomic mass is 79.9. The average Bonchev–Trinajstić information content (AvgIpc) is 2.24. The third-order valence-electron chi connectivity index (χ3n) is 1.92. The van der Waals surface area contributed by atoms with Gasteiger partial charge in [-0.25, -0.2) is 0 Å². The molecule has 0 bridgehead atoms. The number of alkyl halides is 3. The van der Waals surface area contributed by atoms with E-state index in [0.29, 0.717) is 4.48 Å². The number of benzene rings is 1. The first-order valence-corrected chi connectivity index (χ1v) is 5.39. The Labute approximate surface area is 105 Å². The van der Waals surface area contributed by atoms with E-state index in [1.54, 1.807) is 0 Å². The lowest BCUT2D eigenvalue weighted by atomic mass is 10.1. The molecule has 1 amide bonds. The summed E-state index contributed by atoms with van der Waals surface area (Å²) in [5.74, 6) is -0.779. The van der Waals surface area contributed by atoms with E-state index in [-0.39, 0.29) is 6.54 Å². The van der Waals surface area contributed by atoms with Crippen LogP contribution >= 0.6 is 15.9 Å². The second-order valence-corrected chi connectivity index (χ2v) is 4.36. The summed E-state index contributed by atoms with van der Waals surface area (Å²) < 4.78 is 38.3. The van der Waals surface area contributed by atoms with E-state index in [0.717, 1.165) is 12.1 Å². The van der Waals surface area contributed by atoms with Gasteiger partial charge in [0, 0.05) is 11.0 Å². The number of amides is 1. The molecule has 0 saturated heterocycles. The lowest BCUT2D eigenvalue weighted by Crippen LogP contribution is -2.27. The monoisotopic (exact) mass is 307 g/mol. The quantitative estimate of drug-likeness (QED) is 0.911. The molecular formula is C11H9BrF3NO. The van der Waals surface area contributed by atoms with Crippen molar-refractivity contribution in [3.05, 3.63) is 46.5 Å². The minimum absolute atomic E-state index is 0.0744. The fourth-order valence-electron chi connectivity index (χ4n) is 1.20. The van der Waals surface area contributed by atoms with Gasteiger partial charge in [-0.15, -0.1) is 0 Å². The number of rotatable bonds is 3. The zero-order valence-electron chi connectivity index (χ0n) is 8.64. The van der Waals surface area contributed by atoms with Crippen LogP contribution in [0.5, 0.6) is 0 Å². The SMILES string of the molecule is C=C(Br)CNC(=O)c1ccccc1C(F)(F)F. The summed E-state index contributed by atoms with van der Waals surface area (Å²) >= 11 is 3.00. The first kappa shape index (κ1) is 13.8. The summed E-state index contributed by atoms with van der Waals surface area (Å²) in [6.07, 6.45) is -4.54. The molecule has 1 aromatic rings. The molecule has 0 aliphatic carbocycles. The Balaban J connectivity index is 2.98. The van der Waals surface area contributed by atoms with Crippen LogP contribution in [-0.4, -0.2) is 12.5 Å². The molecule has 1 rings (SSSR count). The number of hydrogen-bond donors (Lipinski definition) is 1. The Bertz CT molecular complexity index is 443. The lowest BCUT2D eigenvalue weighted by molar-refractivity contribution is -0.137. The zero-order valence-corrected chi connectivity index (χ0v) is 10.2. The van der Waals surface area contributed by atoms with Crippen molar-refractivity contribution < 1.29 is 18.0 Å². The molecular weight excluding hydrogens is 299 g/mol. The fraction of sp³-hybridized carbons (Fsp3) is 0.182. The maximum Gasteiger partial charge on any atom is 0.417 e. The van der Waals surface area contributed by atoms with Crippen molar-refractivity contribution in [3.8, 4) is 0 Å². The molecule has 17 heavy (non-hydrogen) atoms. The molecule has 1 aromatic carbocycles. The molecule has 0 spiro atoms. The Morgan fingerprint density at radius 2 is 1.94 bits per heavy atom. The number of nitrogens with one attached hydrogen (secondary N) is 1. The van der Waals surface area contributed by atoms with Gasteiger partial charge in [0.2, 0.25) is 0 Å². The van der Waals surface area contributed by atoms with Crippen molar-refractivity contribution in [2.45, 2.75) is 6.18 Å². The molecule has 6 heteroatoms. The van der Waals surface area contributed by atoms with Crippen molar-refractivity contribution in [2.75, 3.05) is 6.54 Å². The van der Waals surface area contributed by atoms with E-state index < -0.39 is 23.2 Å². The molecule has 0 unspecified atom stereocenters. The third kappa shape index (κ3) is 3.89. The molecule has 0 aliphatic rings. The molecule has 0 heterocycles. The van der Waals surface area contributed by atoms with Gasteiger partial charge in [-0.1, -0.05) is 34.6 Å². The van der Waals surface area contributed by atoms with Crippen molar-refractivity contribution >= 4 is 21.8 Å². The first-order valence-electron chi connectivity index (χ1n) is 4.60. The van der Waals surface area contributed by atoms with Crippen LogP contribution in [0.1, 0.15) is 15.9 Å². The van der Waals surface area contributed by atoms with Crippen LogP contribution in [0.3, 0.4) is 0 Å². The van der Waals surface area contributed by atoms with E-state index in [4.69, 9.17) is 0 Å². The Morgan fingerprint density at radius 3 is 2.47 bits per heavy atom. The molecule has 0 aromatic heterocycles. The van der Waals surface area contributed by atoms with Gasteiger partial charge in [0.25, 0.3) is 5.91 Å². The van der Waals surface area contributed by atoms with E-state index in [1.807, 2.05) is 0 Å². The summed E-state index contributed by atoms with van der Waals surface area (Å²) in [5.41, 5.74) is -1.34. The fourth-order valence-corrected chi connectivity index (χ4v) is 1.34. The minimum atomic E-state index is -4.54. The third-order valence-corrected chi connectivity index (χ3v) is 2.20. The van der Waals surface area contributed by atoms with Gasteiger partial charge < -0.3 is 5.32 Å². The van der Waals surface area contributed by atoms with Crippen molar-refractivity contribution in [1.29, 1.82) is 0 Å². The minimum Gasteiger partial charge on any atom is -0.347 e. The predicted molar refractivity (Wildman–Crippen MR) is 61.8 cm³/mol. The highest BCUT2D eigenvalue weighted by Gasteiger charge is 2.34. The zero-order chi connectivity index (χ0) is 13.1. The summed E-state index contributed by atoms with van der Waals surface area (Å²) in [4.78, 5) is 11.5. The van der Waals surface area contributed by atoms with Crippen LogP contribution in [0.2, 0.25) is 0 Å². The maximum atomic E-state index is 12.6. The maximum absolute atomic E-state index is 12.6. The molecule has 0 atom stereocenters. The van der Waals surface area contributed by atoms with Crippen LogP contribution in [0, 0.1) is 0 Å². The normalized spacial score (nSPS) is 11.1. The van der Waals surface area contributed by atoms with Gasteiger partial charge in [-0.2, -0.15) is 13.2 Å². The summed E-state index contributed by atoms with van der Waals surface area (Å²) in [5, 5.41) is 2.33. The van der Waals surface area contributed by atoms with Crippen LogP contribution in [0.4, 0.5) is 13.2 Å². The van der Waals surface area contributed by atoms with Crippen molar-refractivity contribution in [3.63, 3.8) is 0 Å². The summed E-state index contributed by atoms with van der Waals surface area (Å²) in [6.45, 7) is 3.55. The molecule has 2 nitrogen and oxygen atoms in total. The molecule has 0 saturated carbocycles. The predicted octanol–water partition coefficient (Wildman–Crippen LogP) is 3.34. The highest BCUT2D eigenvalue weighted by Crippen LogP contribution is 2.31. The second-order valence-electron chi connectivity index (χ2n) is 3.24. The lowest BCUT2D eigenvalue weighted by Gasteiger charge is -2.12. The van der Waals surface area contributed by atoms with Gasteiger partial charge >= 0.3 is 6.18 Å². The smallest absolute Gasteiger partial charge is 0.347 e. The number of carbonyl (C=O) groups is 1. The van der Waals surface area contributed by atoms with Crippen LogP contribution < -0.4 is 5.32 Å². The second kappa shape index (κ2) is 5.35. The van der Waals surface area contributed by atoms with Crippen molar-refractivity contribution in [1.82, 2.24) is 5.32 Å². The molecule has 0 radical (unpaired) electrons. The average molecular weight is 308 g/mol. The number of hydrogen-bond acceptors (Lipinski definition) is 1. The Morgan fingerprint density at radius 1 is 1.35 bits per heavy atom. The summed E-state index contributed by atoms with van der Waals surface area (Å²) in [6, 6.07) is 4.63. The van der Waals surface area contributed by atoms with Gasteiger partial charge in [0.05, 0.1) is 11.1 Å². The number of halogens is 4. The van der Waals surface area contributed by atoms with Gasteiger partial charge in [-0.3, -0.25) is 4.79 Å². The van der Waals surface area contributed by atoms with Crippen LogP contribution in [0.25, 0.3) is 0 Å². The highest BCUT2D eigenvalue weighted by molar-refractivity contribution is 9.11. The topological polar surface area (TPSA) is 29.1 Å². The molecule has 0 fully saturated rings. The van der Waals surface area contributed by atoms with Crippen LogP contribution in [-0.2, 0) is 6.18 Å². The molecule has 92 valence electrons. The number of carbonyl (C=O) groups excluding carboxylic acids is 1. The van der Waals surface area contributed by atoms with E-state index in [1.165, 1.54) is 12.1 Å². The van der Waals surface area contributed by atoms with Gasteiger partial charge in [0.1, 0.15) is 0 Å². The first-order chi connectivity index (χ1) is 7.82. The molecule has 1 N–H and O–H groups in total. The Kier molecular flexibility index (Phi) is 4.34. The van der Waals surface area contributed by atoms with E-state index in [9.17, 15) is 18.0 Å². The standard InChI is InChI=1S/C11H9BrF3NO/c1-7(12)6-16-10(17)8-4-2-3-5-9(8)11(13,14)15/h2-5H,1,6H2,(H,16,17). The van der Waals surface area contributed by atoms with Crippen molar-refractivity contribution in [2.24, 2.45) is 0 Å². The van der Waals surface area contributed by atoms with Gasteiger partial charge in [0.15, 0.2) is 0 Å². The van der Waals surface area contributed by atoms with E-state index >= 15 is 0 Å². The largest absolute Gasteiger partial charge is 0.417 e. The summed E-state index contributed by atoms with van der Waals surface area (Å²) in [7, 11) is 0.